The Balaban J connectivity index is 2.34. The van der Waals surface area contributed by atoms with Gasteiger partial charge in [0.05, 0.1) is 27.0 Å². The highest BCUT2D eigenvalue weighted by Gasteiger charge is 2.13. The third-order valence-corrected chi connectivity index (χ3v) is 4.26. The summed E-state index contributed by atoms with van der Waals surface area (Å²) < 4.78 is 11.1. The number of rotatable bonds is 7. The van der Waals surface area contributed by atoms with Gasteiger partial charge < -0.3 is 19.7 Å². The number of aliphatic imine (C=N–C) groups is 1. The van der Waals surface area contributed by atoms with Gasteiger partial charge in [0.1, 0.15) is 0 Å². The molecule has 0 heterocycles. The lowest BCUT2D eigenvalue weighted by Crippen LogP contribution is -2.11. The van der Waals surface area contributed by atoms with E-state index >= 15 is 0 Å². The summed E-state index contributed by atoms with van der Waals surface area (Å²) in [6.45, 7) is -0.489. The maximum Gasteiger partial charge on any atom is 0.341 e. The Kier molecular flexibility index (Phi) is 6.81. The van der Waals surface area contributed by atoms with E-state index in [2.05, 4.69) is 4.99 Å². The van der Waals surface area contributed by atoms with Crippen molar-refractivity contribution >= 4 is 58.0 Å². The third kappa shape index (κ3) is 5.09. The fourth-order valence-electron chi connectivity index (χ4n) is 1.98. The lowest BCUT2D eigenvalue weighted by Gasteiger charge is -2.12. The Morgan fingerprint density at radius 3 is 2.62 bits per heavy atom. The van der Waals surface area contributed by atoms with Crippen LogP contribution >= 0.6 is 34.2 Å². The van der Waals surface area contributed by atoms with Crippen LogP contribution in [0.25, 0.3) is 0 Å². The highest BCUT2D eigenvalue weighted by molar-refractivity contribution is 14.1. The molecular formula is C17H13ClINO6. The molecule has 0 aliphatic rings. The molecule has 26 heavy (non-hydrogen) atoms. The number of nitrogens with zero attached hydrogens (tertiary/aromatic N) is 1. The molecule has 0 aromatic heterocycles. The number of carboxylic acids is 2. The Hall–Kier alpha value is -2.33. The number of carbonyl (C=O) groups is 2. The number of hydrogen-bond donors (Lipinski definition) is 2. The maximum atomic E-state index is 11.0. The standard InChI is InChI=1S/C17H13ClINO6/c1-25-14-5-9(4-12(19)16(14)26-8-15(21)22)7-20-13-6-10(17(23)24)2-3-11(13)18/h2-7H,8H2,1H3,(H,21,22)(H,23,24). The van der Waals surface area contributed by atoms with Crippen LogP contribution in [0.5, 0.6) is 11.5 Å². The molecule has 2 aromatic carbocycles. The Labute approximate surface area is 167 Å². The molecule has 0 fully saturated rings. The van der Waals surface area contributed by atoms with Gasteiger partial charge in [-0.15, -0.1) is 0 Å². The van der Waals surface area contributed by atoms with Crippen molar-refractivity contribution in [3.05, 3.63) is 50.1 Å². The minimum atomic E-state index is -1.10. The van der Waals surface area contributed by atoms with Crippen LogP contribution in [0.4, 0.5) is 5.69 Å². The van der Waals surface area contributed by atoms with Crippen LogP contribution < -0.4 is 9.47 Å². The van der Waals surface area contributed by atoms with Gasteiger partial charge in [-0.25, -0.2) is 9.59 Å². The lowest BCUT2D eigenvalue weighted by molar-refractivity contribution is -0.139. The number of halogens is 2. The van der Waals surface area contributed by atoms with E-state index in [-0.39, 0.29) is 5.56 Å². The molecule has 0 radical (unpaired) electrons. The van der Waals surface area contributed by atoms with E-state index in [0.717, 1.165) is 0 Å². The van der Waals surface area contributed by atoms with Gasteiger partial charge in [0.25, 0.3) is 0 Å². The molecule has 0 bridgehead atoms. The molecule has 9 heteroatoms. The van der Waals surface area contributed by atoms with Crippen molar-refractivity contribution in [3.63, 3.8) is 0 Å². The summed E-state index contributed by atoms with van der Waals surface area (Å²) in [5.74, 6) is -1.50. The molecule has 0 atom stereocenters. The van der Waals surface area contributed by atoms with E-state index in [1.807, 2.05) is 22.6 Å². The average molecular weight is 490 g/mol. The molecule has 0 aliphatic carbocycles. The summed E-state index contributed by atoms with van der Waals surface area (Å²) in [5, 5.41) is 18.1. The summed E-state index contributed by atoms with van der Waals surface area (Å²) in [4.78, 5) is 25.9. The van der Waals surface area contributed by atoms with Crippen molar-refractivity contribution in [2.75, 3.05) is 13.7 Å². The number of ether oxygens (including phenoxy) is 2. The first-order valence-corrected chi connectivity index (χ1v) is 8.56. The van der Waals surface area contributed by atoms with Crippen molar-refractivity contribution in [3.8, 4) is 11.5 Å². The highest BCUT2D eigenvalue weighted by atomic mass is 127. The normalized spacial score (nSPS) is 10.7. The average Bonchev–Trinajstić information content (AvgIpc) is 2.59. The quantitative estimate of drug-likeness (QED) is 0.452. The number of hydrogen-bond acceptors (Lipinski definition) is 5. The molecule has 7 nitrogen and oxygen atoms in total. The second-order valence-electron chi connectivity index (χ2n) is 4.95. The van der Waals surface area contributed by atoms with Crippen LogP contribution in [0.15, 0.2) is 35.3 Å². The van der Waals surface area contributed by atoms with Crippen LogP contribution in [0.2, 0.25) is 5.02 Å². The van der Waals surface area contributed by atoms with E-state index in [9.17, 15) is 9.59 Å². The molecule has 0 saturated heterocycles. The predicted octanol–water partition coefficient (Wildman–Crippen LogP) is 3.87. The zero-order valence-electron chi connectivity index (χ0n) is 13.4. The van der Waals surface area contributed by atoms with E-state index < -0.39 is 18.5 Å². The number of benzene rings is 2. The summed E-state index contributed by atoms with van der Waals surface area (Å²) in [6.07, 6.45) is 1.50. The van der Waals surface area contributed by atoms with Crippen LogP contribution in [0.3, 0.4) is 0 Å². The summed E-state index contributed by atoms with van der Waals surface area (Å²) in [6, 6.07) is 7.57. The van der Waals surface area contributed by atoms with Gasteiger partial charge in [0.15, 0.2) is 18.1 Å². The van der Waals surface area contributed by atoms with Gasteiger partial charge in [-0.2, -0.15) is 0 Å². The third-order valence-electron chi connectivity index (χ3n) is 3.14. The zero-order chi connectivity index (χ0) is 19.3. The molecule has 2 rings (SSSR count). The number of aromatic carboxylic acids is 1. The van der Waals surface area contributed by atoms with Crippen molar-refractivity contribution in [1.82, 2.24) is 0 Å². The molecule has 0 aliphatic heterocycles. The van der Waals surface area contributed by atoms with E-state index in [0.29, 0.717) is 31.3 Å². The molecule has 0 saturated carbocycles. The van der Waals surface area contributed by atoms with E-state index in [1.165, 1.54) is 31.5 Å². The van der Waals surface area contributed by atoms with Crippen LogP contribution in [-0.4, -0.2) is 42.1 Å². The SMILES string of the molecule is COc1cc(C=Nc2cc(C(=O)O)ccc2Cl)cc(I)c1OCC(=O)O. The second-order valence-corrected chi connectivity index (χ2v) is 6.52. The van der Waals surface area contributed by atoms with Gasteiger partial charge in [0, 0.05) is 6.21 Å². The van der Waals surface area contributed by atoms with Gasteiger partial charge in [-0.3, -0.25) is 4.99 Å². The highest BCUT2D eigenvalue weighted by Crippen LogP contribution is 2.34. The smallest absolute Gasteiger partial charge is 0.341 e. The fraction of sp³-hybridized carbons (Fsp3) is 0.118. The number of carboxylic acid groups (broad SMARTS) is 2. The van der Waals surface area contributed by atoms with Gasteiger partial charge >= 0.3 is 11.9 Å². The number of aliphatic carboxylic acids is 1. The van der Waals surface area contributed by atoms with E-state index in [1.54, 1.807) is 12.1 Å². The monoisotopic (exact) mass is 489 g/mol. The molecule has 0 amide bonds. The van der Waals surface area contributed by atoms with Crippen molar-refractivity contribution in [1.29, 1.82) is 0 Å². The summed E-state index contributed by atoms with van der Waals surface area (Å²) >= 11 is 8.04. The Bertz CT molecular complexity index is 884. The van der Waals surface area contributed by atoms with Gasteiger partial charge in [0.2, 0.25) is 0 Å². The molecule has 136 valence electrons. The van der Waals surface area contributed by atoms with Crippen LogP contribution in [-0.2, 0) is 4.79 Å². The predicted molar refractivity (Wildman–Crippen MR) is 105 cm³/mol. The summed E-state index contributed by atoms with van der Waals surface area (Å²) in [5.41, 5.74) is 1.03. The minimum Gasteiger partial charge on any atom is -0.493 e. The van der Waals surface area contributed by atoms with Crippen molar-refractivity contribution in [2.24, 2.45) is 4.99 Å². The van der Waals surface area contributed by atoms with Gasteiger partial charge in [-0.05, 0) is 58.5 Å². The maximum absolute atomic E-state index is 11.0. The Morgan fingerprint density at radius 2 is 2.00 bits per heavy atom. The van der Waals surface area contributed by atoms with Crippen LogP contribution in [0.1, 0.15) is 15.9 Å². The molecular weight excluding hydrogens is 477 g/mol. The first-order valence-electron chi connectivity index (χ1n) is 7.11. The molecule has 2 N–H and O–H groups in total. The minimum absolute atomic E-state index is 0.0751. The largest absolute Gasteiger partial charge is 0.493 e. The second kappa shape index (κ2) is 8.86. The first-order chi connectivity index (χ1) is 12.3. The summed E-state index contributed by atoms with van der Waals surface area (Å²) in [7, 11) is 1.44. The first kappa shape index (κ1) is 20.0. The molecule has 0 spiro atoms. The fourth-order valence-corrected chi connectivity index (χ4v) is 2.92. The zero-order valence-corrected chi connectivity index (χ0v) is 16.3. The Morgan fingerprint density at radius 1 is 1.27 bits per heavy atom. The van der Waals surface area contributed by atoms with Gasteiger partial charge in [-0.1, -0.05) is 11.6 Å². The van der Waals surface area contributed by atoms with E-state index in [4.69, 9.17) is 31.3 Å². The van der Waals surface area contributed by atoms with Crippen molar-refractivity contribution in [2.45, 2.75) is 0 Å². The van der Waals surface area contributed by atoms with Crippen LogP contribution in [0, 0.1) is 3.57 Å². The van der Waals surface area contributed by atoms with Crippen molar-refractivity contribution < 1.29 is 29.3 Å². The molecule has 0 unspecified atom stereocenters. The topological polar surface area (TPSA) is 105 Å². The lowest BCUT2D eigenvalue weighted by atomic mass is 10.2. The number of methoxy groups -OCH3 is 1. The molecule has 2 aromatic rings.